The lowest BCUT2D eigenvalue weighted by molar-refractivity contribution is 0.414. The number of aliphatic imine (C=N–C) groups is 1. The molecule has 0 aliphatic carbocycles. The molecule has 0 aliphatic heterocycles. The molecule has 136 valence electrons. The number of guanidine groups is 1. The van der Waals surface area contributed by atoms with E-state index < -0.39 is 0 Å². The molecule has 25 heavy (non-hydrogen) atoms. The summed E-state index contributed by atoms with van der Waals surface area (Å²) in [4.78, 5) is 4.30. The first-order chi connectivity index (χ1) is 11.7. The highest BCUT2D eigenvalue weighted by Gasteiger charge is 2.06. The lowest BCUT2D eigenvalue weighted by Crippen LogP contribution is -2.39. The molecule has 2 aromatic rings. The Bertz CT molecular complexity index is 646. The molecule has 5 heteroatoms. The van der Waals surface area contributed by atoms with Crippen LogP contribution in [0.25, 0.3) is 0 Å². The van der Waals surface area contributed by atoms with Crippen LogP contribution in [0.15, 0.2) is 59.6 Å². The summed E-state index contributed by atoms with van der Waals surface area (Å²) in [5.74, 6) is 1.74. The number of hydrogen-bond donors (Lipinski definition) is 2. The van der Waals surface area contributed by atoms with Crippen molar-refractivity contribution in [1.29, 1.82) is 0 Å². The lowest BCUT2D eigenvalue weighted by Gasteiger charge is -2.18. The second kappa shape index (κ2) is 11.7. The van der Waals surface area contributed by atoms with E-state index in [9.17, 15) is 0 Å². The highest BCUT2D eigenvalue weighted by atomic mass is 127. The number of benzene rings is 2. The summed E-state index contributed by atoms with van der Waals surface area (Å²) in [5, 5.41) is 6.80. The molecular formula is C20H28IN3O. The fraction of sp³-hybridized carbons (Fsp3) is 0.350. The smallest absolute Gasteiger partial charge is 0.191 e. The highest BCUT2D eigenvalue weighted by Crippen LogP contribution is 2.14. The van der Waals surface area contributed by atoms with Crippen LogP contribution >= 0.6 is 24.0 Å². The first-order valence-electron chi connectivity index (χ1n) is 8.38. The summed E-state index contributed by atoms with van der Waals surface area (Å²) in [6.45, 7) is 3.01. The van der Waals surface area contributed by atoms with Crippen molar-refractivity contribution < 1.29 is 4.74 Å². The Morgan fingerprint density at radius 1 is 1.12 bits per heavy atom. The third-order valence-electron chi connectivity index (χ3n) is 3.95. The van der Waals surface area contributed by atoms with Crippen LogP contribution in [-0.4, -0.2) is 26.7 Å². The number of aryl methyl sites for hydroxylation is 1. The molecule has 0 heterocycles. The summed E-state index contributed by atoms with van der Waals surface area (Å²) in [5.41, 5.74) is 2.54. The summed E-state index contributed by atoms with van der Waals surface area (Å²) >= 11 is 0. The van der Waals surface area contributed by atoms with Crippen molar-refractivity contribution in [3.63, 3.8) is 0 Å². The Morgan fingerprint density at radius 3 is 2.56 bits per heavy atom. The minimum Gasteiger partial charge on any atom is -0.497 e. The molecule has 0 fully saturated rings. The van der Waals surface area contributed by atoms with Gasteiger partial charge < -0.3 is 15.4 Å². The Morgan fingerprint density at radius 2 is 1.88 bits per heavy atom. The first-order valence-corrected chi connectivity index (χ1v) is 8.38. The molecule has 0 saturated heterocycles. The zero-order valence-electron chi connectivity index (χ0n) is 15.2. The van der Waals surface area contributed by atoms with E-state index in [0.29, 0.717) is 0 Å². The van der Waals surface area contributed by atoms with E-state index in [1.807, 2.05) is 18.2 Å². The van der Waals surface area contributed by atoms with Gasteiger partial charge in [-0.1, -0.05) is 42.5 Å². The SMILES string of the molecule is CN=C(NCCCc1cccc(OC)c1)NC(C)c1ccccc1.I. The van der Waals surface area contributed by atoms with Crippen LogP contribution in [0.3, 0.4) is 0 Å². The second-order valence-corrected chi connectivity index (χ2v) is 5.73. The monoisotopic (exact) mass is 453 g/mol. The van der Waals surface area contributed by atoms with Gasteiger partial charge in [0.15, 0.2) is 5.96 Å². The van der Waals surface area contributed by atoms with Crippen LogP contribution in [0.4, 0.5) is 0 Å². The molecule has 0 bridgehead atoms. The van der Waals surface area contributed by atoms with E-state index in [-0.39, 0.29) is 30.0 Å². The van der Waals surface area contributed by atoms with Crippen LogP contribution < -0.4 is 15.4 Å². The van der Waals surface area contributed by atoms with Gasteiger partial charge in [0.25, 0.3) is 0 Å². The van der Waals surface area contributed by atoms with E-state index in [4.69, 9.17) is 4.74 Å². The fourth-order valence-electron chi connectivity index (χ4n) is 2.55. The molecule has 4 nitrogen and oxygen atoms in total. The number of nitrogens with one attached hydrogen (secondary N) is 2. The molecule has 0 aromatic heterocycles. The Labute approximate surface area is 168 Å². The maximum atomic E-state index is 5.26. The van der Waals surface area contributed by atoms with E-state index in [2.05, 4.69) is 58.9 Å². The number of hydrogen-bond acceptors (Lipinski definition) is 2. The van der Waals surface area contributed by atoms with Crippen LogP contribution in [0.5, 0.6) is 5.75 Å². The van der Waals surface area contributed by atoms with Gasteiger partial charge >= 0.3 is 0 Å². The molecule has 2 aromatic carbocycles. The molecule has 2 rings (SSSR count). The lowest BCUT2D eigenvalue weighted by atomic mass is 10.1. The predicted molar refractivity (Wildman–Crippen MR) is 116 cm³/mol. The van der Waals surface area contributed by atoms with Crippen molar-refractivity contribution >= 4 is 29.9 Å². The molecule has 1 atom stereocenters. The zero-order valence-corrected chi connectivity index (χ0v) is 17.5. The molecule has 0 radical (unpaired) electrons. The van der Waals surface area contributed by atoms with Crippen molar-refractivity contribution in [1.82, 2.24) is 10.6 Å². The van der Waals surface area contributed by atoms with E-state index >= 15 is 0 Å². The van der Waals surface area contributed by atoms with Gasteiger partial charge in [0, 0.05) is 13.6 Å². The summed E-state index contributed by atoms with van der Waals surface area (Å²) in [6.07, 6.45) is 2.04. The van der Waals surface area contributed by atoms with Crippen molar-refractivity contribution in [3.8, 4) is 5.75 Å². The van der Waals surface area contributed by atoms with Crippen LogP contribution in [0, 0.1) is 0 Å². The average Bonchev–Trinajstić information content (AvgIpc) is 2.65. The average molecular weight is 453 g/mol. The van der Waals surface area contributed by atoms with Gasteiger partial charge in [-0.25, -0.2) is 0 Å². The van der Waals surface area contributed by atoms with Crippen LogP contribution in [0.2, 0.25) is 0 Å². The summed E-state index contributed by atoms with van der Waals surface area (Å²) < 4.78 is 5.26. The Balaban J connectivity index is 0.00000312. The molecule has 0 aliphatic rings. The second-order valence-electron chi connectivity index (χ2n) is 5.73. The van der Waals surface area contributed by atoms with E-state index in [1.165, 1.54) is 11.1 Å². The van der Waals surface area contributed by atoms with Gasteiger partial charge in [-0.2, -0.15) is 0 Å². The molecule has 0 saturated carbocycles. The van der Waals surface area contributed by atoms with Gasteiger partial charge in [-0.3, -0.25) is 4.99 Å². The van der Waals surface area contributed by atoms with Crippen molar-refractivity contribution in [2.45, 2.75) is 25.8 Å². The number of halogens is 1. The minimum absolute atomic E-state index is 0. The molecular weight excluding hydrogens is 425 g/mol. The number of nitrogens with zero attached hydrogens (tertiary/aromatic N) is 1. The molecule has 0 spiro atoms. The van der Waals surface area contributed by atoms with Gasteiger partial charge in [-0.15, -0.1) is 24.0 Å². The largest absolute Gasteiger partial charge is 0.497 e. The van der Waals surface area contributed by atoms with E-state index in [1.54, 1.807) is 14.2 Å². The Hall–Kier alpha value is -1.76. The third-order valence-corrected chi connectivity index (χ3v) is 3.95. The minimum atomic E-state index is 0. The maximum absolute atomic E-state index is 5.26. The fourth-order valence-corrected chi connectivity index (χ4v) is 2.55. The number of rotatable bonds is 7. The normalized spacial score (nSPS) is 12.0. The Kier molecular flexibility index (Phi) is 9.99. The molecule has 1 unspecified atom stereocenters. The maximum Gasteiger partial charge on any atom is 0.191 e. The van der Waals surface area contributed by atoms with Crippen LogP contribution in [0.1, 0.15) is 30.5 Å². The van der Waals surface area contributed by atoms with Gasteiger partial charge in [-0.05, 0) is 43.0 Å². The predicted octanol–water partition coefficient (Wildman–Crippen LogP) is 4.17. The highest BCUT2D eigenvalue weighted by molar-refractivity contribution is 14.0. The summed E-state index contributed by atoms with van der Waals surface area (Å²) in [7, 11) is 3.50. The van der Waals surface area contributed by atoms with Gasteiger partial charge in [0.2, 0.25) is 0 Å². The topological polar surface area (TPSA) is 45.7 Å². The molecule has 0 amide bonds. The van der Waals surface area contributed by atoms with Crippen molar-refractivity contribution in [2.24, 2.45) is 4.99 Å². The van der Waals surface area contributed by atoms with E-state index in [0.717, 1.165) is 31.1 Å². The quantitative estimate of drug-likeness (QED) is 0.286. The number of ether oxygens (including phenoxy) is 1. The van der Waals surface area contributed by atoms with Crippen molar-refractivity contribution in [2.75, 3.05) is 20.7 Å². The standard InChI is InChI=1S/C20H27N3O.HI/c1-16(18-11-5-4-6-12-18)23-20(21-2)22-14-8-10-17-9-7-13-19(15-17)24-3;/h4-7,9,11-13,15-16H,8,10,14H2,1-3H3,(H2,21,22,23);1H. The van der Waals surface area contributed by atoms with Gasteiger partial charge in [0.1, 0.15) is 5.75 Å². The summed E-state index contributed by atoms with van der Waals surface area (Å²) in [6, 6.07) is 18.8. The first kappa shape index (κ1) is 21.3. The van der Waals surface area contributed by atoms with Gasteiger partial charge in [0.05, 0.1) is 13.2 Å². The number of methoxy groups -OCH3 is 1. The zero-order chi connectivity index (χ0) is 17.2. The van der Waals surface area contributed by atoms with Crippen molar-refractivity contribution in [3.05, 3.63) is 65.7 Å². The molecule has 2 N–H and O–H groups in total. The van der Waals surface area contributed by atoms with Crippen LogP contribution in [-0.2, 0) is 6.42 Å². The third kappa shape index (κ3) is 7.34.